The third kappa shape index (κ3) is 5.93. The Morgan fingerprint density at radius 3 is 2.35 bits per heavy atom. The fraction of sp³-hybridized carbons (Fsp3) is 0.269. The van der Waals surface area contributed by atoms with E-state index in [0.717, 1.165) is 48.3 Å². The predicted molar refractivity (Wildman–Crippen MR) is 134 cm³/mol. The minimum Gasteiger partial charge on any atom is -0.481 e. The van der Waals surface area contributed by atoms with Crippen molar-refractivity contribution in [3.8, 4) is 5.75 Å². The Morgan fingerprint density at radius 2 is 1.68 bits per heavy atom. The van der Waals surface area contributed by atoms with Gasteiger partial charge in [0.05, 0.1) is 16.8 Å². The van der Waals surface area contributed by atoms with Crippen LogP contribution in [-0.2, 0) is 23.8 Å². The van der Waals surface area contributed by atoms with Crippen molar-refractivity contribution >= 4 is 39.7 Å². The number of carbonyl (C=O) groups is 3. The first-order chi connectivity index (χ1) is 17.5. The molecule has 1 aromatic heterocycles. The van der Waals surface area contributed by atoms with Crippen LogP contribution >= 0.6 is 11.3 Å². The third-order valence-electron chi connectivity index (χ3n) is 5.93. The van der Waals surface area contributed by atoms with Crippen molar-refractivity contribution in [1.29, 1.82) is 0 Å². The first kappa shape index (κ1) is 26.2. The summed E-state index contributed by atoms with van der Waals surface area (Å²) in [5.74, 6) is -1.54. The van der Waals surface area contributed by atoms with Gasteiger partial charge in [-0.2, -0.15) is 13.2 Å². The number of para-hydroxylation sites is 1. The maximum atomic E-state index is 13.2. The number of ether oxygens (including phenoxy) is 1. The number of hydrogen-bond acceptors (Lipinski definition) is 5. The zero-order valence-corrected chi connectivity index (χ0v) is 20.6. The van der Waals surface area contributed by atoms with Gasteiger partial charge in [-0.05, 0) is 74.6 Å². The number of hydrogen-bond donors (Lipinski definition) is 3. The zero-order chi connectivity index (χ0) is 26.7. The molecule has 0 saturated carbocycles. The number of anilines is 2. The van der Waals surface area contributed by atoms with Crippen LogP contribution in [0.3, 0.4) is 0 Å². The molecule has 0 fully saturated rings. The highest BCUT2D eigenvalue weighted by Gasteiger charge is 2.34. The van der Waals surface area contributed by atoms with Crippen molar-refractivity contribution in [1.82, 2.24) is 0 Å². The topological polar surface area (TPSA) is 111 Å². The molecule has 3 amide bonds. The summed E-state index contributed by atoms with van der Waals surface area (Å²) in [5.41, 5.74) is 5.80. The van der Waals surface area contributed by atoms with Crippen LogP contribution in [0.4, 0.5) is 23.9 Å². The standard InChI is InChI=1S/C26H24F3N3O4S/c1-14(23(34)31-19-8-4-3-7-18(19)26(27,28)29)36-16-12-10-15(11-13-16)24(35)32-25-21(22(30)33)17-6-2-5-9-20(17)37-25/h3-4,7-8,10-14H,2,5-6,9H2,1H3,(H2,30,33)(H,31,34)(H,32,35)/t14-/m0/s1. The highest BCUT2D eigenvalue weighted by atomic mass is 32.1. The number of halogens is 3. The number of carbonyl (C=O) groups excluding carboxylic acids is 3. The Morgan fingerprint density at radius 1 is 1.00 bits per heavy atom. The average Bonchev–Trinajstić information content (AvgIpc) is 3.22. The molecular formula is C26H24F3N3O4S. The van der Waals surface area contributed by atoms with Crippen LogP contribution in [0.2, 0.25) is 0 Å². The molecule has 0 unspecified atom stereocenters. The molecule has 0 aliphatic heterocycles. The SMILES string of the molecule is C[C@H](Oc1ccc(C(=O)Nc2sc3c(c2C(N)=O)CCCC3)cc1)C(=O)Nc1ccccc1C(F)(F)F. The number of amides is 3. The Kier molecular flexibility index (Phi) is 7.53. The predicted octanol–water partition coefficient (Wildman–Crippen LogP) is 5.40. The number of benzene rings is 2. The summed E-state index contributed by atoms with van der Waals surface area (Å²) in [5, 5.41) is 5.44. The fourth-order valence-corrected chi connectivity index (χ4v) is 5.40. The Hall–Kier alpha value is -3.86. The van der Waals surface area contributed by atoms with Crippen molar-refractivity contribution in [3.05, 3.63) is 75.7 Å². The summed E-state index contributed by atoms with van der Waals surface area (Å²) in [6.45, 7) is 1.40. The van der Waals surface area contributed by atoms with Gasteiger partial charge in [-0.3, -0.25) is 14.4 Å². The normalized spacial score (nSPS) is 13.8. The third-order valence-corrected chi connectivity index (χ3v) is 7.14. The first-order valence-corrected chi connectivity index (χ1v) is 12.4. The summed E-state index contributed by atoms with van der Waals surface area (Å²) < 4.78 is 45.1. The largest absolute Gasteiger partial charge is 0.481 e. The van der Waals surface area contributed by atoms with Crippen LogP contribution in [0.15, 0.2) is 48.5 Å². The van der Waals surface area contributed by atoms with Crippen LogP contribution in [0, 0.1) is 0 Å². The van der Waals surface area contributed by atoms with Crippen molar-refractivity contribution < 1.29 is 32.3 Å². The van der Waals surface area contributed by atoms with Gasteiger partial charge in [0.25, 0.3) is 17.7 Å². The molecule has 0 radical (unpaired) electrons. The lowest BCUT2D eigenvalue weighted by molar-refractivity contribution is -0.137. The van der Waals surface area contributed by atoms with E-state index in [1.165, 1.54) is 54.7 Å². The highest BCUT2D eigenvalue weighted by molar-refractivity contribution is 7.17. The monoisotopic (exact) mass is 531 g/mol. The molecular weight excluding hydrogens is 507 g/mol. The Labute approximate surface area is 214 Å². The van der Waals surface area contributed by atoms with E-state index in [9.17, 15) is 27.6 Å². The van der Waals surface area contributed by atoms with E-state index in [0.29, 0.717) is 10.6 Å². The Balaban J connectivity index is 1.41. The van der Waals surface area contributed by atoms with Gasteiger partial charge in [0, 0.05) is 10.4 Å². The van der Waals surface area contributed by atoms with Crippen LogP contribution in [-0.4, -0.2) is 23.8 Å². The maximum absolute atomic E-state index is 13.2. The second-order valence-corrected chi connectivity index (χ2v) is 9.66. The van der Waals surface area contributed by atoms with E-state index in [2.05, 4.69) is 10.6 Å². The van der Waals surface area contributed by atoms with Crippen LogP contribution < -0.4 is 21.1 Å². The molecule has 1 aliphatic rings. The molecule has 1 aliphatic carbocycles. The van der Waals surface area contributed by atoms with Gasteiger partial charge >= 0.3 is 6.18 Å². The minimum absolute atomic E-state index is 0.243. The molecule has 2 aromatic carbocycles. The van der Waals surface area contributed by atoms with Gasteiger partial charge < -0.3 is 21.1 Å². The highest BCUT2D eigenvalue weighted by Crippen LogP contribution is 2.38. The van der Waals surface area contributed by atoms with E-state index in [1.54, 1.807) is 0 Å². The maximum Gasteiger partial charge on any atom is 0.418 e. The molecule has 0 spiro atoms. The van der Waals surface area contributed by atoms with Gasteiger partial charge in [0.1, 0.15) is 10.8 Å². The molecule has 11 heteroatoms. The lowest BCUT2D eigenvalue weighted by atomic mass is 9.95. The lowest BCUT2D eigenvalue weighted by Crippen LogP contribution is -2.31. The summed E-state index contributed by atoms with van der Waals surface area (Å²) in [6, 6.07) is 10.6. The van der Waals surface area contributed by atoms with Crippen LogP contribution in [0.1, 0.15) is 56.5 Å². The van der Waals surface area contributed by atoms with Gasteiger partial charge in [-0.25, -0.2) is 0 Å². The fourth-order valence-electron chi connectivity index (χ4n) is 4.11. The molecule has 4 N–H and O–H groups in total. The number of rotatable bonds is 7. The summed E-state index contributed by atoms with van der Waals surface area (Å²) in [6.07, 6.45) is -2.16. The molecule has 3 aromatic rings. The average molecular weight is 532 g/mol. The zero-order valence-electron chi connectivity index (χ0n) is 19.8. The minimum atomic E-state index is -4.62. The molecule has 7 nitrogen and oxygen atoms in total. The van der Waals surface area contributed by atoms with Crippen molar-refractivity contribution in [2.45, 2.75) is 44.9 Å². The van der Waals surface area contributed by atoms with Gasteiger partial charge in [-0.1, -0.05) is 12.1 Å². The van der Waals surface area contributed by atoms with E-state index in [4.69, 9.17) is 10.5 Å². The number of thiophene rings is 1. The number of aryl methyl sites for hydroxylation is 1. The molecule has 0 bridgehead atoms. The summed E-state index contributed by atoms with van der Waals surface area (Å²) in [7, 11) is 0. The second kappa shape index (κ2) is 10.6. The van der Waals surface area contributed by atoms with Crippen LogP contribution in [0.25, 0.3) is 0 Å². The number of nitrogens with one attached hydrogen (secondary N) is 2. The van der Waals surface area contributed by atoms with Gasteiger partial charge in [0.15, 0.2) is 6.10 Å². The Bertz CT molecular complexity index is 1340. The van der Waals surface area contributed by atoms with Gasteiger partial charge in [0.2, 0.25) is 0 Å². The van der Waals surface area contributed by atoms with Crippen molar-refractivity contribution in [3.63, 3.8) is 0 Å². The number of alkyl halides is 3. The number of nitrogens with two attached hydrogens (primary N) is 1. The first-order valence-electron chi connectivity index (χ1n) is 11.5. The number of primary amides is 1. The van der Waals surface area contributed by atoms with E-state index in [1.807, 2.05) is 0 Å². The van der Waals surface area contributed by atoms with Crippen LogP contribution in [0.5, 0.6) is 5.75 Å². The van der Waals surface area contributed by atoms with E-state index in [-0.39, 0.29) is 17.0 Å². The van der Waals surface area contributed by atoms with E-state index >= 15 is 0 Å². The van der Waals surface area contributed by atoms with Crippen molar-refractivity contribution in [2.75, 3.05) is 10.6 Å². The smallest absolute Gasteiger partial charge is 0.418 e. The summed E-state index contributed by atoms with van der Waals surface area (Å²) in [4.78, 5) is 38.3. The van der Waals surface area contributed by atoms with Gasteiger partial charge in [-0.15, -0.1) is 11.3 Å². The molecule has 1 atom stereocenters. The number of fused-ring (bicyclic) bond motifs is 1. The lowest BCUT2D eigenvalue weighted by Gasteiger charge is -2.17. The van der Waals surface area contributed by atoms with E-state index < -0.39 is 35.6 Å². The molecule has 4 rings (SSSR count). The van der Waals surface area contributed by atoms with Crippen molar-refractivity contribution in [2.24, 2.45) is 5.73 Å². The second-order valence-electron chi connectivity index (χ2n) is 8.55. The molecule has 37 heavy (non-hydrogen) atoms. The molecule has 194 valence electrons. The summed E-state index contributed by atoms with van der Waals surface area (Å²) >= 11 is 1.36. The molecule has 1 heterocycles. The molecule has 0 saturated heterocycles. The quantitative estimate of drug-likeness (QED) is 0.379.